The van der Waals surface area contributed by atoms with Gasteiger partial charge in [-0.05, 0) is 42.3 Å². The van der Waals surface area contributed by atoms with E-state index in [0.717, 1.165) is 17.7 Å². The molecule has 1 N–H and O–H groups in total. The molecule has 4 rings (SSSR count). The molecule has 2 aromatic carbocycles. The third-order valence-corrected chi connectivity index (χ3v) is 6.03. The summed E-state index contributed by atoms with van der Waals surface area (Å²) in [5.41, 5.74) is 2.82. The number of rotatable bonds is 8. The fraction of sp³-hybridized carbons (Fsp3) is 0.154. The van der Waals surface area contributed by atoms with Crippen molar-refractivity contribution in [2.75, 3.05) is 10.2 Å². The number of aromatic nitrogens is 1. The van der Waals surface area contributed by atoms with Crippen LogP contribution in [0.25, 0.3) is 0 Å². The highest BCUT2D eigenvalue weighted by Crippen LogP contribution is 2.32. The number of hydrogen-bond acceptors (Lipinski definition) is 7. The Morgan fingerprint density at radius 1 is 1.06 bits per heavy atom. The van der Waals surface area contributed by atoms with Gasteiger partial charge in [0.2, 0.25) is 5.91 Å². The van der Waals surface area contributed by atoms with Crippen LogP contribution in [0.2, 0.25) is 0 Å². The number of hydrogen-bond donors (Lipinski definition) is 1. The molecule has 0 unspecified atom stereocenters. The number of carbonyl (C=O) groups is 3. The van der Waals surface area contributed by atoms with Crippen molar-refractivity contribution in [3.8, 4) is 0 Å². The van der Waals surface area contributed by atoms with Gasteiger partial charge in [-0.1, -0.05) is 37.3 Å². The van der Waals surface area contributed by atoms with E-state index in [1.807, 2.05) is 31.2 Å². The number of amides is 2. The Bertz CT molecular complexity index is 1350. The molecule has 0 aliphatic carbocycles. The molecule has 0 saturated carbocycles. The smallest absolute Gasteiger partial charge is 0.340 e. The van der Waals surface area contributed by atoms with Gasteiger partial charge >= 0.3 is 5.97 Å². The highest BCUT2D eigenvalue weighted by Gasteiger charge is 2.21. The molecule has 4 aromatic rings. The Balaban J connectivity index is 1.47. The molecule has 0 atom stereocenters. The first-order valence-electron chi connectivity index (χ1n) is 10.9. The largest absolute Gasteiger partial charge is 0.459 e. The maximum absolute atomic E-state index is 12.8. The zero-order valence-electron chi connectivity index (χ0n) is 19.2. The number of para-hydroxylation sites is 2. The fourth-order valence-corrected chi connectivity index (χ4v) is 4.34. The number of aryl methyl sites for hydroxylation is 1. The van der Waals surface area contributed by atoms with E-state index in [2.05, 4.69) is 10.3 Å². The predicted molar refractivity (Wildman–Crippen MR) is 133 cm³/mol. The van der Waals surface area contributed by atoms with Crippen LogP contribution in [-0.2, 0) is 22.6 Å². The van der Waals surface area contributed by atoms with Crippen LogP contribution in [0.3, 0.4) is 0 Å². The van der Waals surface area contributed by atoms with Gasteiger partial charge in [0.25, 0.3) is 5.91 Å². The van der Waals surface area contributed by atoms with Crippen LogP contribution in [0.5, 0.6) is 0 Å². The van der Waals surface area contributed by atoms with E-state index in [0.29, 0.717) is 16.5 Å². The number of thiazole rings is 1. The summed E-state index contributed by atoms with van der Waals surface area (Å²) in [5.74, 6) is -1.13. The van der Waals surface area contributed by atoms with Gasteiger partial charge in [0, 0.05) is 12.3 Å². The van der Waals surface area contributed by atoms with Gasteiger partial charge in [0.1, 0.15) is 6.61 Å². The zero-order valence-corrected chi connectivity index (χ0v) is 20.0. The van der Waals surface area contributed by atoms with Crippen molar-refractivity contribution in [2.45, 2.75) is 26.9 Å². The number of carbonyl (C=O) groups excluding carboxylic acids is 3. The second kappa shape index (κ2) is 10.8. The predicted octanol–water partition coefficient (Wildman–Crippen LogP) is 5.59. The number of benzene rings is 2. The minimum Gasteiger partial charge on any atom is -0.459 e. The van der Waals surface area contributed by atoms with E-state index in [4.69, 9.17) is 9.15 Å². The number of ether oxygens (including phenoxy) is 1. The maximum Gasteiger partial charge on any atom is 0.340 e. The lowest BCUT2D eigenvalue weighted by atomic mass is 10.1. The standard InChI is InChI=1S/C26H23N3O5S/c1-3-18-9-4-7-12-22(18)29(17(2)30)26-27-19(16-35-26)15-34-25(32)20-10-5-6-11-21(20)28-24(31)23-13-8-14-33-23/h4-14,16H,3,15H2,1-2H3,(H,28,31). The summed E-state index contributed by atoms with van der Waals surface area (Å²) in [6, 6.07) is 17.3. The van der Waals surface area contributed by atoms with E-state index in [1.165, 1.54) is 30.6 Å². The molecule has 0 bridgehead atoms. The van der Waals surface area contributed by atoms with Crippen LogP contribution >= 0.6 is 11.3 Å². The summed E-state index contributed by atoms with van der Waals surface area (Å²) in [5, 5.41) is 4.90. The van der Waals surface area contributed by atoms with Crippen molar-refractivity contribution < 1.29 is 23.5 Å². The lowest BCUT2D eigenvalue weighted by Crippen LogP contribution is -2.23. The first-order chi connectivity index (χ1) is 17.0. The number of anilines is 3. The normalized spacial score (nSPS) is 10.6. The molecule has 2 amide bonds. The second-order valence-corrected chi connectivity index (χ2v) is 8.35. The van der Waals surface area contributed by atoms with Crippen molar-refractivity contribution in [3.63, 3.8) is 0 Å². The van der Waals surface area contributed by atoms with Crippen LogP contribution in [-0.4, -0.2) is 22.8 Å². The van der Waals surface area contributed by atoms with Crippen LogP contribution < -0.4 is 10.2 Å². The van der Waals surface area contributed by atoms with E-state index in [1.54, 1.807) is 40.6 Å². The molecule has 35 heavy (non-hydrogen) atoms. The Hall–Kier alpha value is -4.24. The number of furan rings is 1. The highest BCUT2D eigenvalue weighted by atomic mass is 32.1. The summed E-state index contributed by atoms with van der Waals surface area (Å²) in [6.07, 6.45) is 2.16. The first kappa shape index (κ1) is 23.9. The van der Waals surface area contributed by atoms with Gasteiger partial charge in [-0.25, -0.2) is 9.78 Å². The molecule has 0 aliphatic heterocycles. The molecule has 0 spiro atoms. The number of esters is 1. The maximum atomic E-state index is 12.8. The highest BCUT2D eigenvalue weighted by molar-refractivity contribution is 7.14. The Morgan fingerprint density at radius 2 is 1.83 bits per heavy atom. The lowest BCUT2D eigenvalue weighted by Gasteiger charge is -2.20. The summed E-state index contributed by atoms with van der Waals surface area (Å²) in [4.78, 5) is 43.6. The van der Waals surface area contributed by atoms with Crippen LogP contribution in [0.1, 0.15) is 46.0 Å². The summed E-state index contributed by atoms with van der Waals surface area (Å²) in [6.45, 7) is 3.43. The van der Waals surface area contributed by atoms with Crippen molar-refractivity contribution in [2.24, 2.45) is 0 Å². The minimum atomic E-state index is -0.616. The quantitative estimate of drug-likeness (QED) is 0.324. The summed E-state index contributed by atoms with van der Waals surface area (Å²) in [7, 11) is 0. The van der Waals surface area contributed by atoms with Crippen molar-refractivity contribution in [3.05, 3.63) is 94.9 Å². The minimum absolute atomic E-state index is 0.0863. The Morgan fingerprint density at radius 3 is 2.57 bits per heavy atom. The van der Waals surface area contributed by atoms with E-state index in [-0.39, 0.29) is 23.8 Å². The summed E-state index contributed by atoms with van der Waals surface area (Å²) >= 11 is 1.29. The lowest BCUT2D eigenvalue weighted by molar-refractivity contribution is -0.115. The van der Waals surface area contributed by atoms with Crippen molar-refractivity contribution >= 4 is 45.6 Å². The monoisotopic (exact) mass is 489 g/mol. The Labute approximate surface area is 206 Å². The van der Waals surface area contributed by atoms with Crippen molar-refractivity contribution in [1.29, 1.82) is 0 Å². The number of nitrogens with zero attached hydrogens (tertiary/aromatic N) is 2. The third-order valence-electron chi connectivity index (χ3n) is 5.15. The molecule has 2 aromatic heterocycles. The van der Waals surface area contributed by atoms with Gasteiger partial charge in [0.05, 0.1) is 28.9 Å². The van der Waals surface area contributed by atoms with Gasteiger partial charge in [0.15, 0.2) is 10.9 Å². The molecular weight excluding hydrogens is 466 g/mol. The van der Waals surface area contributed by atoms with Crippen molar-refractivity contribution in [1.82, 2.24) is 4.98 Å². The van der Waals surface area contributed by atoms with Crippen LogP contribution in [0, 0.1) is 0 Å². The van der Waals surface area contributed by atoms with Gasteiger partial charge in [-0.3, -0.25) is 14.5 Å². The van der Waals surface area contributed by atoms with E-state index in [9.17, 15) is 14.4 Å². The van der Waals surface area contributed by atoms with Crippen LogP contribution in [0.4, 0.5) is 16.5 Å². The van der Waals surface area contributed by atoms with Gasteiger partial charge in [-0.15, -0.1) is 11.3 Å². The molecular formula is C26H23N3O5S. The molecule has 0 fully saturated rings. The Kier molecular flexibility index (Phi) is 7.37. The molecule has 9 heteroatoms. The molecule has 2 heterocycles. The van der Waals surface area contributed by atoms with Gasteiger partial charge in [-0.2, -0.15) is 0 Å². The third kappa shape index (κ3) is 5.47. The fourth-order valence-electron chi connectivity index (χ4n) is 3.48. The number of nitrogens with one attached hydrogen (secondary N) is 1. The first-order valence-corrected chi connectivity index (χ1v) is 11.8. The van der Waals surface area contributed by atoms with E-state index < -0.39 is 11.9 Å². The molecule has 0 radical (unpaired) electrons. The average molecular weight is 490 g/mol. The SMILES string of the molecule is CCc1ccccc1N(C(C)=O)c1nc(COC(=O)c2ccccc2NC(=O)c2ccco2)cs1. The molecule has 0 saturated heterocycles. The average Bonchev–Trinajstić information content (AvgIpc) is 3.56. The van der Waals surface area contributed by atoms with Crippen LogP contribution in [0.15, 0.2) is 76.7 Å². The van der Waals surface area contributed by atoms with Gasteiger partial charge < -0.3 is 14.5 Å². The second-order valence-electron chi connectivity index (χ2n) is 7.51. The topological polar surface area (TPSA) is 102 Å². The zero-order chi connectivity index (χ0) is 24.8. The molecule has 8 nitrogen and oxygen atoms in total. The summed E-state index contributed by atoms with van der Waals surface area (Å²) < 4.78 is 10.6. The molecule has 178 valence electrons. The van der Waals surface area contributed by atoms with E-state index >= 15 is 0 Å². The molecule has 0 aliphatic rings.